The van der Waals surface area contributed by atoms with Crippen molar-refractivity contribution < 1.29 is 4.39 Å². The first-order valence-electron chi connectivity index (χ1n) is 11.3. The fourth-order valence-electron chi connectivity index (χ4n) is 4.01. The average molecular weight is 472 g/mol. The minimum absolute atomic E-state index is 0.227. The zero-order valence-electron chi connectivity index (χ0n) is 19.8. The number of hydrogen-bond acceptors (Lipinski definition) is 7. The molecule has 9 nitrogen and oxygen atoms in total. The van der Waals surface area contributed by atoms with Crippen molar-refractivity contribution in [1.82, 2.24) is 24.6 Å². The van der Waals surface area contributed by atoms with Crippen LogP contribution in [0.3, 0.4) is 0 Å². The van der Waals surface area contributed by atoms with E-state index >= 15 is 0 Å². The molecule has 1 aliphatic rings. The highest BCUT2D eigenvalue weighted by Gasteiger charge is 2.33. The van der Waals surface area contributed by atoms with Gasteiger partial charge >= 0.3 is 0 Å². The fourth-order valence-corrected chi connectivity index (χ4v) is 4.01. The lowest BCUT2D eigenvalue weighted by atomic mass is 10.0. The number of aryl methyl sites for hydroxylation is 1. The molecule has 0 unspecified atom stereocenters. The molecule has 4 N–H and O–H groups in total. The minimum atomic E-state index is -0.368. The van der Waals surface area contributed by atoms with E-state index in [4.69, 9.17) is 21.4 Å². The normalized spacial score (nSPS) is 14.5. The second-order valence-electron chi connectivity index (χ2n) is 8.77. The van der Waals surface area contributed by atoms with E-state index in [1.165, 1.54) is 6.07 Å². The summed E-state index contributed by atoms with van der Waals surface area (Å²) >= 11 is 0. The third-order valence-electron chi connectivity index (χ3n) is 5.81. The summed E-state index contributed by atoms with van der Waals surface area (Å²) in [6, 6.07) is 6.84. The summed E-state index contributed by atoms with van der Waals surface area (Å²) in [5.41, 5.74) is 16.6. The van der Waals surface area contributed by atoms with Gasteiger partial charge in [0.2, 0.25) is 5.95 Å². The first-order chi connectivity index (χ1) is 16.8. The van der Waals surface area contributed by atoms with Crippen LogP contribution in [0, 0.1) is 12.7 Å². The summed E-state index contributed by atoms with van der Waals surface area (Å²) in [7, 11) is 1.72. The van der Waals surface area contributed by atoms with Crippen LogP contribution in [-0.2, 0) is 0 Å². The molecule has 1 aromatic carbocycles. The quantitative estimate of drug-likeness (QED) is 0.320. The summed E-state index contributed by atoms with van der Waals surface area (Å²) in [5, 5.41) is 4.44. The molecule has 10 heteroatoms. The van der Waals surface area contributed by atoms with Crippen LogP contribution < -0.4 is 16.4 Å². The van der Waals surface area contributed by atoms with Crippen molar-refractivity contribution in [1.29, 1.82) is 0 Å². The second kappa shape index (κ2) is 8.79. The van der Waals surface area contributed by atoms with Crippen molar-refractivity contribution in [2.45, 2.75) is 32.6 Å². The third-order valence-corrected chi connectivity index (χ3v) is 5.81. The lowest BCUT2D eigenvalue weighted by molar-refractivity contribution is 0.625. The number of allylic oxidation sites excluding steroid dienone is 1. The molecule has 4 aromatic rings. The third kappa shape index (κ3) is 4.42. The van der Waals surface area contributed by atoms with Gasteiger partial charge in [0.1, 0.15) is 11.7 Å². The fraction of sp³-hybridized carbons (Fsp3) is 0.240. The Hall–Kier alpha value is -4.34. The monoisotopic (exact) mass is 471 g/mol. The largest absolute Gasteiger partial charge is 0.402 e. The van der Waals surface area contributed by atoms with Crippen LogP contribution in [0.4, 0.5) is 21.8 Å². The Bertz CT molecular complexity index is 1480. The Morgan fingerprint density at radius 3 is 2.77 bits per heavy atom. The second-order valence-corrected chi connectivity index (χ2v) is 8.77. The van der Waals surface area contributed by atoms with Gasteiger partial charge in [0, 0.05) is 30.7 Å². The van der Waals surface area contributed by atoms with E-state index in [0.29, 0.717) is 28.5 Å². The van der Waals surface area contributed by atoms with Crippen molar-refractivity contribution in [3.8, 4) is 11.3 Å². The van der Waals surface area contributed by atoms with Crippen LogP contribution in [0.25, 0.3) is 16.9 Å². The van der Waals surface area contributed by atoms with Gasteiger partial charge in [-0.3, -0.25) is 0 Å². The van der Waals surface area contributed by atoms with Gasteiger partial charge < -0.3 is 16.4 Å². The smallest absolute Gasteiger partial charge is 0.232 e. The van der Waals surface area contributed by atoms with Crippen LogP contribution >= 0.6 is 0 Å². The molecule has 178 valence electrons. The van der Waals surface area contributed by atoms with E-state index < -0.39 is 0 Å². The Morgan fingerprint density at radius 1 is 1.26 bits per heavy atom. The Kier molecular flexibility index (Phi) is 5.64. The highest BCUT2D eigenvalue weighted by molar-refractivity contribution is 5.94. The Labute approximate surface area is 202 Å². The van der Waals surface area contributed by atoms with Gasteiger partial charge in [-0.2, -0.15) is 10.1 Å². The number of nitrogens with two attached hydrogens (primary N) is 2. The van der Waals surface area contributed by atoms with E-state index in [9.17, 15) is 4.39 Å². The molecule has 1 aliphatic carbocycles. The van der Waals surface area contributed by atoms with E-state index in [0.717, 1.165) is 29.5 Å². The number of anilines is 2. The maximum absolute atomic E-state index is 14.9. The van der Waals surface area contributed by atoms with E-state index in [2.05, 4.69) is 15.1 Å². The summed E-state index contributed by atoms with van der Waals surface area (Å²) < 4.78 is 16.5. The zero-order valence-corrected chi connectivity index (χ0v) is 19.8. The van der Waals surface area contributed by atoms with Crippen molar-refractivity contribution >= 4 is 28.9 Å². The van der Waals surface area contributed by atoms with Gasteiger partial charge in [-0.25, -0.2) is 23.9 Å². The molecule has 3 heterocycles. The van der Waals surface area contributed by atoms with Gasteiger partial charge in [-0.1, -0.05) is 6.07 Å². The first-order valence-corrected chi connectivity index (χ1v) is 11.3. The summed E-state index contributed by atoms with van der Waals surface area (Å²) in [6.45, 7) is 3.58. The lowest BCUT2D eigenvalue weighted by Gasteiger charge is -2.21. The van der Waals surface area contributed by atoms with Crippen LogP contribution in [0.15, 0.2) is 59.6 Å². The first kappa shape index (κ1) is 22.5. The molecule has 0 spiro atoms. The van der Waals surface area contributed by atoms with Gasteiger partial charge in [-0.15, -0.1) is 0 Å². The van der Waals surface area contributed by atoms with Crippen LogP contribution in [0.1, 0.15) is 36.8 Å². The SMILES string of the molecule is C/C(N)=C/C(N)=Nc1nc(N(C)c2ccc(C)cc2F)nc(-c2cnn3cccnc23)c1C1CC1. The maximum Gasteiger partial charge on any atom is 0.232 e. The number of amidine groups is 1. The number of halogens is 1. The number of benzene rings is 1. The highest BCUT2D eigenvalue weighted by Crippen LogP contribution is 2.48. The number of fused-ring (bicyclic) bond motifs is 1. The number of rotatable bonds is 6. The zero-order chi connectivity index (χ0) is 24.7. The van der Waals surface area contributed by atoms with Crippen molar-refractivity contribution in [3.05, 3.63) is 71.6 Å². The molecule has 3 aromatic heterocycles. The Morgan fingerprint density at radius 2 is 2.06 bits per heavy atom. The minimum Gasteiger partial charge on any atom is -0.402 e. The topological polar surface area (TPSA) is 124 Å². The summed E-state index contributed by atoms with van der Waals surface area (Å²) in [4.78, 5) is 20.3. The average Bonchev–Trinajstić information content (AvgIpc) is 3.55. The molecule has 0 saturated heterocycles. The molecule has 0 atom stereocenters. The van der Waals surface area contributed by atoms with Gasteiger partial charge in [0.05, 0.1) is 23.1 Å². The molecular formula is C25H26FN9. The van der Waals surface area contributed by atoms with Crippen LogP contribution in [-0.4, -0.2) is 37.4 Å². The number of aromatic nitrogens is 5. The van der Waals surface area contributed by atoms with Gasteiger partial charge in [0.15, 0.2) is 11.5 Å². The van der Waals surface area contributed by atoms with Crippen LogP contribution in [0.2, 0.25) is 0 Å². The van der Waals surface area contributed by atoms with E-state index in [1.54, 1.807) is 47.9 Å². The molecule has 0 aliphatic heterocycles. The molecule has 1 fully saturated rings. The lowest BCUT2D eigenvalue weighted by Crippen LogP contribution is -2.16. The number of hydrogen-bond donors (Lipinski definition) is 2. The van der Waals surface area contributed by atoms with E-state index in [1.807, 2.05) is 25.3 Å². The van der Waals surface area contributed by atoms with Gasteiger partial charge in [0.25, 0.3) is 0 Å². The maximum atomic E-state index is 14.9. The van der Waals surface area contributed by atoms with E-state index in [-0.39, 0.29) is 23.5 Å². The molecule has 0 amide bonds. The molecule has 0 radical (unpaired) electrons. The summed E-state index contributed by atoms with van der Waals surface area (Å²) in [5.74, 6) is 0.797. The number of aliphatic imine (C=N–C) groups is 1. The Balaban J connectivity index is 1.76. The van der Waals surface area contributed by atoms with Crippen LogP contribution in [0.5, 0.6) is 0 Å². The van der Waals surface area contributed by atoms with Crippen molar-refractivity contribution in [2.24, 2.45) is 16.5 Å². The predicted molar refractivity (Wildman–Crippen MR) is 134 cm³/mol. The standard InChI is InChI=1S/C25H26FN9/c1-14-5-8-19(18(26)11-14)34(3)25-32-22(17-13-30-35-10-4-9-29-24(17)35)21(16-6-7-16)23(33-25)31-20(28)12-15(2)27/h4-5,8-13,16H,6-7,27H2,1-3H3,(H2,28,31,32,33)/b15-12-. The predicted octanol–water partition coefficient (Wildman–Crippen LogP) is 4.13. The number of nitrogens with zero attached hydrogens (tertiary/aromatic N) is 7. The molecule has 35 heavy (non-hydrogen) atoms. The molecule has 1 saturated carbocycles. The molecular weight excluding hydrogens is 445 g/mol. The van der Waals surface area contributed by atoms with Crippen molar-refractivity contribution in [2.75, 3.05) is 11.9 Å². The van der Waals surface area contributed by atoms with Crippen molar-refractivity contribution in [3.63, 3.8) is 0 Å². The summed E-state index contributed by atoms with van der Waals surface area (Å²) in [6.07, 6.45) is 8.81. The highest BCUT2D eigenvalue weighted by atomic mass is 19.1. The van der Waals surface area contributed by atoms with Gasteiger partial charge in [-0.05, 0) is 62.4 Å². The molecule has 5 rings (SSSR count). The molecule has 0 bridgehead atoms.